The van der Waals surface area contributed by atoms with E-state index in [1.165, 1.54) is 5.56 Å². The molecule has 0 unspecified atom stereocenters. The van der Waals surface area contributed by atoms with E-state index in [4.69, 9.17) is 0 Å². The van der Waals surface area contributed by atoms with Crippen molar-refractivity contribution >= 4 is 17.2 Å². The van der Waals surface area contributed by atoms with Gasteiger partial charge >= 0.3 is 0 Å². The van der Waals surface area contributed by atoms with Crippen molar-refractivity contribution in [1.82, 2.24) is 5.32 Å². The number of nitrogens with one attached hydrogen (secondary N) is 1. The van der Waals surface area contributed by atoms with E-state index in [0.29, 0.717) is 0 Å². The van der Waals surface area contributed by atoms with Gasteiger partial charge in [0.25, 0.3) is 0 Å². The Labute approximate surface area is 119 Å². The molecule has 20 heavy (non-hydrogen) atoms. The third-order valence-electron chi connectivity index (χ3n) is 3.42. The fourth-order valence-electron chi connectivity index (χ4n) is 2.48. The Hall–Kier alpha value is -2.55. The molecular weight excluding hydrogens is 246 g/mol. The molecule has 100 valence electrons. The highest BCUT2D eigenvalue weighted by molar-refractivity contribution is 6.08. The maximum Gasteiger partial charge on any atom is 0.135 e. The number of aryl methyl sites for hydroxylation is 1. The van der Waals surface area contributed by atoms with E-state index in [1.54, 1.807) is 7.05 Å². The van der Waals surface area contributed by atoms with Crippen molar-refractivity contribution in [2.24, 2.45) is 4.99 Å². The van der Waals surface area contributed by atoms with Crippen molar-refractivity contribution < 1.29 is 0 Å². The number of hydrogen-bond donors (Lipinski definition) is 1. The highest BCUT2D eigenvalue weighted by Crippen LogP contribution is 2.35. The minimum absolute atomic E-state index is 0.815. The zero-order chi connectivity index (χ0) is 14.1. The molecule has 1 aliphatic heterocycles. The number of hydrogen-bond acceptors (Lipinski definition) is 2. The fraction of sp³-hybridized carbons (Fsp3) is 0.118. The molecule has 3 heteroatoms. The van der Waals surface area contributed by atoms with Gasteiger partial charge in [-0.2, -0.15) is 0 Å². The Morgan fingerprint density at radius 1 is 1.10 bits per heavy atom. The molecule has 0 radical (unpaired) electrons. The van der Waals surface area contributed by atoms with E-state index in [1.807, 2.05) is 18.2 Å². The second kappa shape index (κ2) is 4.85. The number of rotatable bonds is 1. The van der Waals surface area contributed by atoms with Crippen LogP contribution in [0, 0.1) is 6.92 Å². The first-order chi connectivity index (χ1) is 9.70. The lowest BCUT2D eigenvalue weighted by Crippen LogP contribution is -2.38. The summed E-state index contributed by atoms with van der Waals surface area (Å²) < 4.78 is 0. The Morgan fingerprint density at radius 3 is 2.55 bits per heavy atom. The largest absolute Gasteiger partial charge is 0.326 e. The minimum Gasteiger partial charge on any atom is -0.326 e. The van der Waals surface area contributed by atoms with Gasteiger partial charge in [-0.3, -0.25) is 9.89 Å². The molecule has 2 aromatic carbocycles. The summed E-state index contributed by atoms with van der Waals surface area (Å²) in [7, 11) is 1.79. The zero-order valence-corrected chi connectivity index (χ0v) is 11.7. The van der Waals surface area contributed by atoms with Crippen LogP contribution in [0.2, 0.25) is 0 Å². The van der Waals surface area contributed by atoms with Crippen LogP contribution in [-0.4, -0.2) is 12.9 Å². The average molecular weight is 263 g/mol. The molecule has 0 bridgehead atoms. The van der Waals surface area contributed by atoms with Crippen LogP contribution < -0.4 is 10.2 Å². The molecule has 1 N–H and O–H groups in total. The summed E-state index contributed by atoms with van der Waals surface area (Å²) in [6.07, 6.45) is 0. The Morgan fingerprint density at radius 2 is 1.85 bits per heavy atom. The summed E-state index contributed by atoms with van der Waals surface area (Å²) in [5.41, 5.74) is 4.51. The van der Waals surface area contributed by atoms with E-state index < -0.39 is 0 Å². The Kier molecular flexibility index (Phi) is 3.03. The van der Waals surface area contributed by atoms with Crippen molar-refractivity contribution in [3.05, 3.63) is 72.1 Å². The summed E-state index contributed by atoms with van der Waals surface area (Å²) in [6.45, 7) is 6.23. The number of nitrogens with zero attached hydrogens (tertiary/aromatic N) is 2. The Balaban J connectivity index is 2.22. The summed E-state index contributed by atoms with van der Waals surface area (Å²) in [5.74, 6) is 1.67. The molecule has 0 atom stereocenters. The number of aliphatic imine (C=N–C) groups is 1. The Bertz CT molecular complexity index is 687. The van der Waals surface area contributed by atoms with Crippen LogP contribution in [0.1, 0.15) is 11.1 Å². The van der Waals surface area contributed by atoms with Crippen LogP contribution in [0.3, 0.4) is 0 Å². The van der Waals surface area contributed by atoms with E-state index in [0.717, 1.165) is 28.6 Å². The number of anilines is 2. The van der Waals surface area contributed by atoms with E-state index in [9.17, 15) is 0 Å². The van der Waals surface area contributed by atoms with Gasteiger partial charge in [-0.15, -0.1) is 0 Å². The van der Waals surface area contributed by atoms with Gasteiger partial charge in [-0.1, -0.05) is 30.8 Å². The topological polar surface area (TPSA) is 27.6 Å². The molecule has 3 nitrogen and oxygen atoms in total. The molecule has 0 fully saturated rings. The van der Waals surface area contributed by atoms with Crippen molar-refractivity contribution in [3.8, 4) is 0 Å². The normalized spacial score (nSPS) is 16.0. The third kappa shape index (κ3) is 1.97. The van der Waals surface area contributed by atoms with Crippen LogP contribution in [-0.2, 0) is 0 Å². The molecule has 3 rings (SSSR count). The lowest BCUT2D eigenvalue weighted by atomic mass is 10.0. The maximum absolute atomic E-state index is 4.32. The van der Waals surface area contributed by atoms with Gasteiger partial charge < -0.3 is 5.32 Å². The maximum atomic E-state index is 4.32. The monoisotopic (exact) mass is 263 g/mol. The van der Waals surface area contributed by atoms with E-state index in [-0.39, 0.29) is 0 Å². The molecule has 0 aliphatic carbocycles. The minimum atomic E-state index is 0.815. The van der Waals surface area contributed by atoms with Gasteiger partial charge in [0.1, 0.15) is 11.7 Å². The molecule has 0 saturated heterocycles. The lowest BCUT2D eigenvalue weighted by molar-refractivity contribution is 0.988. The molecular formula is C17H17N3. The number of para-hydroxylation sites is 1. The lowest BCUT2D eigenvalue weighted by Gasteiger charge is -2.34. The van der Waals surface area contributed by atoms with Gasteiger partial charge in [0.15, 0.2) is 0 Å². The number of benzene rings is 2. The summed E-state index contributed by atoms with van der Waals surface area (Å²) >= 11 is 0. The second-order valence-electron chi connectivity index (χ2n) is 4.84. The fourth-order valence-corrected chi connectivity index (χ4v) is 2.48. The highest BCUT2D eigenvalue weighted by Gasteiger charge is 2.25. The SMILES string of the molecule is C=C1NC(=NC)c2ccc(C)cc2N1c1ccccc1. The van der Waals surface area contributed by atoms with Crippen LogP contribution in [0.15, 0.2) is 65.9 Å². The highest BCUT2D eigenvalue weighted by atomic mass is 15.3. The van der Waals surface area contributed by atoms with Gasteiger partial charge in [0, 0.05) is 18.3 Å². The van der Waals surface area contributed by atoms with Crippen LogP contribution >= 0.6 is 0 Å². The summed E-state index contributed by atoms with van der Waals surface area (Å²) in [6, 6.07) is 16.6. The predicted octanol–water partition coefficient (Wildman–Crippen LogP) is 3.58. The quantitative estimate of drug-likeness (QED) is 0.851. The molecule has 0 spiro atoms. The van der Waals surface area contributed by atoms with Crippen LogP contribution in [0.25, 0.3) is 0 Å². The predicted molar refractivity (Wildman–Crippen MR) is 84.5 cm³/mol. The molecule has 0 aromatic heterocycles. The second-order valence-corrected chi connectivity index (χ2v) is 4.84. The van der Waals surface area contributed by atoms with Gasteiger partial charge in [-0.25, -0.2) is 0 Å². The van der Waals surface area contributed by atoms with Crippen molar-refractivity contribution in [2.75, 3.05) is 11.9 Å². The standard InChI is InChI=1S/C17H17N3/c1-12-9-10-15-16(11-12)20(13(2)19-17(15)18-3)14-7-5-4-6-8-14/h4-11H,2H2,1,3H3,(H,18,19). The molecule has 0 amide bonds. The first-order valence-electron chi connectivity index (χ1n) is 6.59. The molecule has 2 aromatic rings. The number of amidine groups is 1. The first-order valence-corrected chi connectivity index (χ1v) is 6.59. The van der Waals surface area contributed by atoms with E-state index in [2.05, 4.69) is 59.0 Å². The summed E-state index contributed by atoms with van der Waals surface area (Å²) in [4.78, 5) is 6.44. The first kappa shape index (κ1) is 12.5. The van der Waals surface area contributed by atoms with E-state index >= 15 is 0 Å². The zero-order valence-electron chi connectivity index (χ0n) is 11.7. The number of fused-ring (bicyclic) bond motifs is 1. The van der Waals surface area contributed by atoms with Crippen molar-refractivity contribution in [3.63, 3.8) is 0 Å². The summed E-state index contributed by atoms with van der Waals surface area (Å²) in [5, 5.41) is 3.27. The molecule has 1 aliphatic rings. The van der Waals surface area contributed by atoms with Crippen LogP contribution in [0.4, 0.5) is 11.4 Å². The van der Waals surface area contributed by atoms with Crippen molar-refractivity contribution in [2.45, 2.75) is 6.92 Å². The smallest absolute Gasteiger partial charge is 0.135 e. The van der Waals surface area contributed by atoms with Crippen LogP contribution in [0.5, 0.6) is 0 Å². The molecule has 1 heterocycles. The van der Waals surface area contributed by atoms with Gasteiger partial charge in [0.2, 0.25) is 0 Å². The van der Waals surface area contributed by atoms with Gasteiger partial charge in [-0.05, 0) is 36.8 Å². The molecule has 0 saturated carbocycles. The third-order valence-corrected chi connectivity index (χ3v) is 3.42. The average Bonchev–Trinajstić information content (AvgIpc) is 2.47. The van der Waals surface area contributed by atoms with Gasteiger partial charge in [0.05, 0.1) is 5.69 Å². The van der Waals surface area contributed by atoms with Crippen molar-refractivity contribution in [1.29, 1.82) is 0 Å².